The molecule has 1 amide bonds. The minimum absolute atomic E-state index is 0.0588. The Kier molecular flexibility index (Phi) is 5.84. The molecule has 0 bridgehead atoms. The molecule has 0 unspecified atom stereocenters. The molecule has 1 fully saturated rings. The second-order valence-electron chi connectivity index (χ2n) is 4.58. The van der Waals surface area contributed by atoms with Crippen molar-refractivity contribution in [2.45, 2.75) is 18.4 Å². The van der Waals surface area contributed by atoms with Gasteiger partial charge in [0.15, 0.2) is 0 Å². The fourth-order valence-electron chi connectivity index (χ4n) is 1.96. The fraction of sp³-hybridized carbons (Fsp3) is 0.909. The predicted octanol–water partition coefficient (Wildman–Crippen LogP) is -1.43. The van der Waals surface area contributed by atoms with Gasteiger partial charge in [-0.25, -0.2) is 0 Å². The first kappa shape index (κ1) is 14.4. The minimum atomic E-state index is -0.746. The van der Waals surface area contributed by atoms with Crippen LogP contribution in [0.15, 0.2) is 0 Å². The number of aliphatic hydroxyl groups is 2. The lowest BCUT2D eigenvalue weighted by Crippen LogP contribution is -2.48. The Bertz CT molecular complexity index is 242. The predicted molar refractivity (Wildman–Crippen MR) is 62.6 cm³/mol. The Hall–Kier alpha value is -0.690. The van der Waals surface area contributed by atoms with E-state index in [1.54, 1.807) is 11.9 Å². The number of nitrogens with zero attached hydrogens (tertiary/aromatic N) is 1. The maximum atomic E-state index is 11.4. The third-order valence-corrected chi connectivity index (χ3v) is 2.84. The van der Waals surface area contributed by atoms with Crippen LogP contribution in [0.2, 0.25) is 0 Å². The van der Waals surface area contributed by atoms with Crippen LogP contribution in [0, 0.1) is 0 Å². The van der Waals surface area contributed by atoms with E-state index in [0.717, 1.165) is 0 Å². The third kappa shape index (κ3) is 5.45. The summed E-state index contributed by atoms with van der Waals surface area (Å²) in [4.78, 5) is 13.2. The van der Waals surface area contributed by atoms with Crippen molar-refractivity contribution in [1.29, 1.82) is 0 Å². The SMILES string of the molecule is CN(CC(=O)NCCO)CC1(O)CCOCC1. The largest absolute Gasteiger partial charge is 0.395 e. The first-order valence-electron chi connectivity index (χ1n) is 5.92. The van der Waals surface area contributed by atoms with E-state index < -0.39 is 5.60 Å². The molecule has 1 saturated heterocycles. The Morgan fingerprint density at radius 1 is 1.47 bits per heavy atom. The minimum Gasteiger partial charge on any atom is -0.395 e. The summed E-state index contributed by atoms with van der Waals surface area (Å²) in [5, 5.41) is 21.4. The van der Waals surface area contributed by atoms with Crippen molar-refractivity contribution in [1.82, 2.24) is 10.2 Å². The van der Waals surface area contributed by atoms with Gasteiger partial charge in [-0.15, -0.1) is 0 Å². The van der Waals surface area contributed by atoms with Gasteiger partial charge in [-0.2, -0.15) is 0 Å². The number of carbonyl (C=O) groups is 1. The molecule has 6 nitrogen and oxygen atoms in total. The molecule has 6 heteroatoms. The van der Waals surface area contributed by atoms with E-state index >= 15 is 0 Å². The van der Waals surface area contributed by atoms with Gasteiger partial charge in [0.25, 0.3) is 0 Å². The highest BCUT2D eigenvalue weighted by Gasteiger charge is 2.31. The third-order valence-electron chi connectivity index (χ3n) is 2.84. The van der Waals surface area contributed by atoms with Gasteiger partial charge in [-0.3, -0.25) is 9.69 Å². The number of hydrogen-bond donors (Lipinski definition) is 3. The summed E-state index contributed by atoms with van der Waals surface area (Å²) < 4.78 is 5.20. The second kappa shape index (κ2) is 6.90. The summed E-state index contributed by atoms with van der Waals surface area (Å²) in [6.45, 7) is 2.04. The lowest BCUT2D eigenvalue weighted by Gasteiger charge is -2.35. The summed E-state index contributed by atoms with van der Waals surface area (Å²) in [5.74, 6) is -0.141. The highest BCUT2D eigenvalue weighted by molar-refractivity contribution is 5.77. The smallest absolute Gasteiger partial charge is 0.234 e. The Balaban J connectivity index is 2.27. The quantitative estimate of drug-likeness (QED) is 0.535. The van der Waals surface area contributed by atoms with Crippen molar-refractivity contribution in [3.63, 3.8) is 0 Å². The normalized spacial score (nSPS) is 19.3. The first-order valence-corrected chi connectivity index (χ1v) is 5.92. The zero-order valence-corrected chi connectivity index (χ0v) is 10.3. The molecule has 0 aromatic heterocycles. The zero-order chi connectivity index (χ0) is 12.7. The number of likely N-dealkylation sites (N-methyl/N-ethyl adjacent to an activating group) is 1. The standard InChI is InChI=1S/C11H22N2O4/c1-13(8-10(15)12-4-5-14)9-11(16)2-6-17-7-3-11/h14,16H,2-9H2,1H3,(H,12,15). The van der Waals surface area contributed by atoms with Crippen molar-refractivity contribution in [2.75, 3.05) is 46.5 Å². The van der Waals surface area contributed by atoms with Gasteiger partial charge in [-0.05, 0) is 7.05 Å². The van der Waals surface area contributed by atoms with E-state index in [2.05, 4.69) is 5.32 Å². The number of aliphatic hydroxyl groups excluding tert-OH is 1. The molecule has 1 aliphatic heterocycles. The molecule has 0 spiro atoms. The van der Waals surface area contributed by atoms with Crippen molar-refractivity contribution in [2.24, 2.45) is 0 Å². The fourth-order valence-corrected chi connectivity index (χ4v) is 1.96. The van der Waals surface area contributed by atoms with Gasteiger partial charge in [-0.1, -0.05) is 0 Å². The van der Waals surface area contributed by atoms with E-state index in [9.17, 15) is 9.90 Å². The van der Waals surface area contributed by atoms with Crippen LogP contribution in [0.5, 0.6) is 0 Å². The number of carbonyl (C=O) groups excluding carboxylic acids is 1. The van der Waals surface area contributed by atoms with E-state index in [1.807, 2.05) is 0 Å². The van der Waals surface area contributed by atoms with Gasteiger partial charge >= 0.3 is 0 Å². The molecule has 1 heterocycles. The van der Waals surface area contributed by atoms with Crippen LogP contribution < -0.4 is 5.32 Å². The van der Waals surface area contributed by atoms with Crippen LogP contribution in [-0.2, 0) is 9.53 Å². The number of amides is 1. The second-order valence-corrected chi connectivity index (χ2v) is 4.58. The summed E-state index contributed by atoms with van der Waals surface area (Å²) in [7, 11) is 1.80. The van der Waals surface area contributed by atoms with Crippen LogP contribution in [0.3, 0.4) is 0 Å². The van der Waals surface area contributed by atoms with Gasteiger partial charge < -0.3 is 20.3 Å². The van der Waals surface area contributed by atoms with Gasteiger partial charge in [0, 0.05) is 39.1 Å². The topological polar surface area (TPSA) is 82.0 Å². The summed E-state index contributed by atoms with van der Waals surface area (Å²) in [5.41, 5.74) is -0.746. The molecule has 100 valence electrons. The van der Waals surface area contributed by atoms with E-state index in [1.165, 1.54) is 0 Å². The molecular formula is C11H22N2O4. The van der Waals surface area contributed by atoms with Crippen molar-refractivity contribution in [3.05, 3.63) is 0 Å². The highest BCUT2D eigenvalue weighted by atomic mass is 16.5. The monoisotopic (exact) mass is 246 g/mol. The number of hydrogen-bond acceptors (Lipinski definition) is 5. The van der Waals surface area contributed by atoms with Crippen LogP contribution >= 0.6 is 0 Å². The molecule has 3 N–H and O–H groups in total. The maximum Gasteiger partial charge on any atom is 0.234 e. The summed E-state index contributed by atoms with van der Waals surface area (Å²) in [6.07, 6.45) is 1.21. The molecule has 0 radical (unpaired) electrons. The molecule has 0 aromatic carbocycles. The van der Waals surface area contributed by atoms with Crippen LogP contribution in [0.1, 0.15) is 12.8 Å². The Labute approximate surface area is 102 Å². The maximum absolute atomic E-state index is 11.4. The zero-order valence-electron chi connectivity index (χ0n) is 10.3. The average Bonchev–Trinajstić information content (AvgIpc) is 2.26. The lowest BCUT2D eigenvalue weighted by molar-refractivity contribution is -0.123. The highest BCUT2D eigenvalue weighted by Crippen LogP contribution is 2.20. The molecule has 0 atom stereocenters. The van der Waals surface area contributed by atoms with Gasteiger partial charge in [0.1, 0.15) is 0 Å². The van der Waals surface area contributed by atoms with Crippen molar-refractivity contribution >= 4 is 5.91 Å². The Morgan fingerprint density at radius 3 is 2.71 bits per heavy atom. The van der Waals surface area contributed by atoms with Crippen LogP contribution in [0.25, 0.3) is 0 Å². The van der Waals surface area contributed by atoms with E-state index in [4.69, 9.17) is 9.84 Å². The molecule has 0 saturated carbocycles. The first-order chi connectivity index (χ1) is 8.06. The summed E-state index contributed by atoms with van der Waals surface area (Å²) >= 11 is 0. The van der Waals surface area contributed by atoms with Gasteiger partial charge in [0.05, 0.1) is 18.8 Å². The molecule has 0 aliphatic carbocycles. The molecule has 1 aliphatic rings. The number of rotatable bonds is 6. The van der Waals surface area contributed by atoms with Crippen LogP contribution in [0.4, 0.5) is 0 Å². The number of nitrogens with one attached hydrogen (secondary N) is 1. The van der Waals surface area contributed by atoms with Crippen LogP contribution in [-0.4, -0.2) is 73.1 Å². The molecular weight excluding hydrogens is 224 g/mol. The van der Waals surface area contributed by atoms with Crippen molar-refractivity contribution < 1.29 is 19.7 Å². The van der Waals surface area contributed by atoms with E-state index in [-0.39, 0.29) is 25.6 Å². The van der Waals surface area contributed by atoms with Gasteiger partial charge in [0.2, 0.25) is 5.91 Å². The van der Waals surface area contributed by atoms with Crippen molar-refractivity contribution in [3.8, 4) is 0 Å². The Morgan fingerprint density at radius 2 is 2.12 bits per heavy atom. The average molecular weight is 246 g/mol. The van der Waals surface area contributed by atoms with E-state index in [0.29, 0.717) is 32.6 Å². The molecule has 1 rings (SSSR count). The molecule has 17 heavy (non-hydrogen) atoms. The lowest BCUT2D eigenvalue weighted by atomic mass is 9.94. The summed E-state index contributed by atoms with van der Waals surface area (Å²) in [6, 6.07) is 0. The molecule has 0 aromatic rings. The number of ether oxygens (including phenoxy) is 1.